The van der Waals surface area contributed by atoms with Crippen molar-refractivity contribution in [2.24, 2.45) is 17.2 Å². The van der Waals surface area contributed by atoms with Crippen LogP contribution in [0.1, 0.15) is 20.8 Å². The summed E-state index contributed by atoms with van der Waals surface area (Å²) in [6.07, 6.45) is 6.25. The van der Waals surface area contributed by atoms with E-state index in [0.29, 0.717) is 5.02 Å². The molecule has 0 spiro atoms. The van der Waals surface area contributed by atoms with E-state index < -0.39 is 18.0 Å². The van der Waals surface area contributed by atoms with Gasteiger partial charge in [-0.3, -0.25) is 9.59 Å². The Bertz CT molecular complexity index is 784. The van der Waals surface area contributed by atoms with E-state index >= 15 is 0 Å². The number of carbonyl (C=O) groups is 2. The summed E-state index contributed by atoms with van der Waals surface area (Å²) in [6.45, 7) is 9.24. The molecule has 0 aliphatic heterocycles. The van der Waals surface area contributed by atoms with E-state index in [2.05, 4.69) is 22.2 Å². The summed E-state index contributed by atoms with van der Waals surface area (Å²) < 4.78 is 0. The third-order valence-electron chi connectivity index (χ3n) is 2.96. The Hall–Kier alpha value is -2.94. The molecule has 8 N–H and O–H groups in total. The molecule has 9 heteroatoms. The van der Waals surface area contributed by atoms with Gasteiger partial charge in [0.25, 0.3) is 11.8 Å². The maximum Gasteiger partial charge on any atom is 0.271 e. The second-order valence-corrected chi connectivity index (χ2v) is 5.37. The number of hydrogen-bond acceptors (Lipinski definition) is 6. The van der Waals surface area contributed by atoms with Gasteiger partial charge < -0.3 is 27.8 Å². The van der Waals surface area contributed by atoms with Crippen LogP contribution in [0.25, 0.3) is 0 Å². The zero-order valence-electron chi connectivity index (χ0n) is 16.2. The SMILES string of the molecule is C=C/C(C(N)=O)=C(\C=C/C)NC(=O)/C(=C/C(N)N)Nc1ncccc1Cl.CC. The molecule has 0 radical (unpaired) electrons. The third kappa shape index (κ3) is 8.17. The summed E-state index contributed by atoms with van der Waals surface area (Å²) >= 11 is 6.04. The minimum absolute atomic E-state index is 0.00418. The van der Waals surface area contributed by atoms with Crippen LogP contribution in [0, 0.1) is 0 Å². The second-order valence-electron chi connectivity index (χ2n) is 4.97. The Balaban J connectivity index is 0.00000352. The van der Waals surface area contributed by atoms with E-state index in [9.17, 15) is 9.59 Å². The monoisotopic (exact) mass is 406 g/mol. The molecule has 152 valence electrons. The number of hydrogen-bond donors (Lipinski definition) is 5. The van der Waals surface area contributed by atoms with Crippen molar-refractivity contribution in [3.63, 3.8) is 0 Å². The van der Waals surface area contributed by atoms with Crippen molar-refractivity contribution in [1.29, 1.82) is 0 Å². The number of rotatable bonds is 8. The van der Waals surface area contributed by atoms with Crippen LogP contribution in [-0.4, -0.2) is 23.0 Å². The summed E-state index contributed by atoms with van der Waals surface area (Å²) in [4.78, 5) is 28.2. The van der Waals surface area contributed by atoms with Gasteiger partial charge in [0.05, 0.1) is 22.5 Å². The molecule has 0 saturated heterocycles. The quantitative estimate of drug-likeness (QED) is 0.253. The van der Waals surface area contributed by atoms with Crippen LogP contribution in [0.3, 0.4) is 0 Å². The maximum absolute atomic E-state index is 12.6. The Morgan fingerprint density at radius 3 is 2.43 bits per heavy atom. The third-order valence-corrected chi connectivity index (χ3v) is 3.26. The predicted octanol–water partition coefficient (Wildman–Crippen LogP) is 1.92. The van der Waals surface area contributed by atoms with Gasteiger partial charge >= 0.3 is 0 Å². The molecular formula is C19H27ClN6O2. The van der Waals surface area contributed by atoms with Crippen molar-refractivity contribution in [1.82, 2.24) is 10.3 Å². The molecule has 1 aromatic rings. The van der Waals surface area contributed by atoms with Crippen LogP contribution in [0.15, 0.2) is 66.2 Å². The van der Waals surface area contributed by atoms with Crippen molar-refractivity contribution in [3.05, 3.63) is 71.2 Å². The number of nitrogens with one attached hydrogen (secondary N) is 2. The first-order chi connectivity index (χ1) is 13.3. The lowest BCUT2D eigenvalue weighted by Crippen LogP contribution is -2.34. The van der Waals surface area contributed by atoms with Crippen LogP contribution >= 0.6 is 11.6 Å². The van der Waals surface area contributed by atoms with E-state index in [1.807, 2.05) is 13.8 Å². The summed E-state index contributed by atoms with van der Waals surface area (Å²) in [5, 5.41) is 5.63. The Morgan fingerprint density at radius 2 is 1.96 bits per heavy atom. The Kier molecular flexibility index (Phi) is 11.9. The Morgan fingerprint density at radius 1 is 1.32 bits per heavy atom. The number of anilines is 1. The van der Waals surface area contributed by atoms with Gasteiger partial charge in [0.1, 0.15) is 11.5 Å². The number of primary amides is 1. The highest BCUT2D eigenvalue weighted by Crippen LogP contribution is 2.19. The first-order valence-electron chi connectivity index (χ1n) is 8.51. The number of nitrogens with zero attached hydrogens (tertiary/aromatic N) is 1. The van der Waals surface area contributed by atoms with Gasteiger partial charge in [-0.05, 0) is 31.2 Å². The van der Waals surface area contributed by atoms with Gasteiger partial charge in [0.15, 0.2) is 0 Å². The average molecular weight is 407 g/mol. The average Bonchev–Trinajstić information content (AvgIpc) is 2.64. The minimum atomic E-state index is -0.921. The first kappa shape index (κ1) is 25.1. The number of amides is 2. The van der Waals surface area contributed by atoms with Crippen molar-refractivity contribution < 1.29 is 9.59 Å². The van der Waals surface area contributed by atoms with E-state index in [1.165, 1.54) is 24.4 Å². The molecule has 8 nitrogen and oxygen atoms in total. The van der Waals surface area contributed by atoms with Crippen molar-refractivity contribution >= 4 is 29.2 Å². The number of aromatic nitrogens is 1. The summed E-state index contributed by atoms with van der Waals surface area (Å²) in [6, 6.07) is 3.24. The Labute approximate surface area is 170 Å². The maximum atomic E-state index is 12.6. The highest BCUT2D eigenvalue weighted by Gasteiger charge is 2.16. The molecule has 0 aromatic carbocycles. The number of allylic oxidation sites excluding steroid dienone is 2. The molecule has 0 aliphatic rings. The molecule has 0 aliphatic carbocycles. The fourth-order valence-corrected chi connectivity index (χ4v) is 2.04. The van der Waals surface area contributed by atoms with Gasteiger partial charge in [-0.2, -0.15) is 0 Å². The fourth-order valence-electron chi connectivity index (χ4n) is 1.87. The van der Waals surface area contributed by atoms with Crippen molar-refractivity contribution in [2.45, 2.75) is 26.9 Å². The zero-order valence-corrected chi connectivity index (χ0v) is 17.0. The van der Waals surface area contributed by atoms with Crippen LogP contribution < -0.4 is 27.8 Å². The lowest BCUT2D eigenvalue weighted by atomic mass is 10.1. The van der Waals surface area contributed by atoms with E-state index in [-0.39, 0.29) is 22.8 Å². The molecule has 0 atom stereocenters. The normalized spacial score (nSPS) is 12.0. The number of carbonyl (C=O) groups excluding carboxylic acids is 2. The molecule has 1 aromatic heterocycles. The summed E-state index contributed by atoms with van der Waals surface area (Å²) in [5.74, 6) is -1.12. The lowest BCUT2D eigenvalue weighted by molar-refractivity contribution is -0.116. The van der Waals surface area contributed by atoms with Gasteiger partial charge in [0, 0.05) is 6.20 Å². The summed E-state index contributed by atoms with van der Waals surface area (Å²) in [5.41, 5.74) is 16.6. The van der Waals surface area contributed by atoms with E-state index in [1.54, 1.807) is 25.1 Å². The first-order valence-corrected chi connectivity index (χ1v) is 8.89. The predicted molar refractivity (Wildman–Crippen MR) is 114 cm³/mol. The van der Waals surface area contributed by atoms with Crippen LogP contribution in [0.4, 0.5) is 5.82 Å². The molecule has 0 unspecified atom stereocenters. The zero-order chi connectivity index (χ0) is 21.7. The van der Waals surface area contributed by atoms with Gasteiger partial charge in [-0.15, -0.1) is 0 Å². The summed E-state index contributed by atoms with van der Waals surface area (Å²) in [7, 11) is 0. The van der Waals surface area contributed by atoms with Gasteiger partial charge in [-0.1, -0.05) is 44.2 Å². The highest BCUT2D eigenvalue weighted by atomic mass is 35.5. The topological polar surface area (TPSA) is 149 Å². The van der Waals surface area contributed by atoms with E-state index in [0.717, 1.165) is 0 Å². The van der Waals surface area contributed by atoms with E-state index in [4.69, 9.17) is 28.8 Å². The second kappa shape index (κ2) is 13.3. The standard InChI is InChI=1S/C17H21ClN6O2.C2H6/c1-3-6-12(10(4-2)15(21)25)24-17(26)13(9-14(19)20)23-16-11(18)7-5-8-22-16;1-2/h3-9,14H,2,19-20H2,1H3,(H2,21,25)(H,22,23)(H,24,26);1-2H3/b6-3-,12-10-,13-9-;. The number of halogens is 1. The fraction of sp³-hybridized carbons (Fsp3) is 0.211. The molecule has 0 fully saturated rings. The smallest absolute Gasteiger partial charge is 0.271 e. The van der Waals surface area contributed by atoms with Gasteiger partial charge in [-0.25, -0.2) is 4.98 Å². The van der Waals surface area contributed by atoms with Crippen LogP contribution in [-0.2, 0) is 9.59 Å². The van der Waals surface area contributed by atoms with Crippen molar-refractivity contribution in [2.75, 3.05) is 5.32 Å². The van der Waals surface area contributed by atoms with Crippen LogP contribution in [0.5, 0.6) is 0 Å². The molecule has 0 saturated carbocycles. The molecule has 0 bridgehead atoms. The number of nitrogens with two attached hydrogens (primary N) is 3. The molecule has 1 rings (SSSR count). The highest BCUT2D eigenvalue weighted by molar-refractivity contribution is 6.33. The molecular weight excluding hydrogens is 380 g/mol. The van der Waals surface area contributed by atoms with Crippen molar-refractivity contribution in [3.8, 4) is 0 Å². The molecule has 28 heavy (non-hydrogen) atoms. The largest absolute Gasteiger partial charge is 0.366 e. The minimum Gasteiger partial charge on any atom is -0.366 e. The van der Waals surface area contributed by atoms with Gasteiger partial charge in [0.2, 0.25) is 0 Å². The van der Waals surface area contributed by atoms with Crippen LogP contribution in [0.2, 0.25) is 5.02 Å². The molecule has 1 heterocycles. The lowest BCUT2D eigenvalue weighted by Gasteiger charge is -2.14. The molecule has 2 amide bonds. The number of pyridine rings is 1.